The zero-order valence-corrected chi connectivity index (χ0v) is 35.2. The number of ether oxygens (including phenoxy) is 1. The largest absolute Gasteiger partial charge is 0.374 e. The van der Waals surface area contributed by atoms with Gasteiger partial charge in [0.05, 0.1) is 53.6 Å². The maximum absolute atomic E-state index is 14.3. The quantitative estimate of drug-likeness (QED) is 0.126. The molecule has 4 amide bonds. The van der Waals surface area contributed by atoms with Crippen LogP contribution in [-0.2, 0) is 27.8 Å². The number of piperidine rings is 2. The maximum atomic E-state index is 14.3. The van der Waals surface area contributed by atoms with Gasteiger partial charge in [-0.3, -0.25) is 33.6 Å². The Morgan fingerprint density at radius 3 is 2.56 bits per heavy atom. The summed E-state index contributed by atoms with van der Waals surface area (Å²) in [5, 5.41) is 13.3. The van der Waals surface area contributed by atoms with Gasteiger partial charge in [-0.05, 0) is 86.4 Å². The van der Waals surface area contributed by atoms with E-state index in [4.69, 9.17) is 9.72 Å². The number of hydrogen-bond donors (Lipinski definition) is 2. The molecule has 4 saturated heterocycles. The van der Waals surface area contributed by atoms with Gasteiger partial charge in [0.15, 0.2) is 11.3 Å². The van der Waals surface area contributed by atoms with Crippen molar-refractivity contribution in [2.75, 3.05) is 36.5 Å². The van der Waals surface area contributed by atoms with Crippen molar-refractivity contribution in [3.8, 4) is 5.69 Å². The number of unbranched alkanes of at least 4 members (excludes halogenated alkanes) is 1. The minimum atomic E-state index is -2.97. The summed E-state index contributed by atoms with van der Waals surface area (Å²) in [5.74, 6) is -0.366. The highest BCUT2D eigenvalue weighted by Crippen LogP contribution is 2.33. The number of carbonyl (C=O) groups excluding carboxylic acids is 4. The summed E-state index contributed by atoms with van der Waals surface area (Å²) in [6.45, 7) is 2.57. The molecule has 64 heavy (non-hydrogen) atoms. The molecular formula is C45H47F2N11O6. The third-order valence-electron chi connectivity index (χ3n) is 13.3. The molecule has 10 rings (SSSR count). The van der Waals surface area contributed by atoms with Crippen LogP contribution < -0.4 is 21.2 Å². The molecule has 19 heteroatoms. The Bertz CT molecular complexity index is 2860. The number of benzene rings is 2. The molecule has 2 bridgehead atoms. The van der Waals surface area contributed by atoms with Gasteiger partial charge in [0.2, 0.25) is 11.8 Å². The van der Waals surface area contributed by atoms with Crippen LogP contribution >= 0.6 is 0 Å². The van der Waals surface area contributed by atoms with E-state index in [0.717, 1.165) is 56.0 Å². The highest BCUT2D eigenvalue weighted by molar-refractivity contribution is 6.08. The molecule has 332 valence electrons. The van der Waals surface area contributed by atoms with E-state index in [0.29, 0.717) is 60.4 Å². The van der Waals surface area contributed by atoms with Crippen LogP contribution in [0.5, 0.6) is 0 Å². The molecule has 4 aromatic heterocycles. The Morgan fingerprint density at radius 2 is 1.83 bits per heavy atom. The Hall–Kier alpha value is -6.76. The number of imide groups is 1. The second kappa shape index (κ2) is 16.7. The number of carbonyl (C=O) groups is 4. The van der Waals surface area contributed by atoms with Crippen LogP contribution in [0.4, 0.5) is 20.3 Å². The number of aromatic nitrogens is 7. The summed E-state index contributed by atoms with van der Waals surface area (Å²) in [6.07, 6.45) is 8.43. The van der Waals surface area contributed by atoms with Crippen molar-refractivity contribution >= 4 is 51.8 Å². The molecule has 4 aliphatic heterocycles. The fourth-order valence-electron chi connectivity index (χ4n) is 9.89. The van der Waals surface area contributed by atoms with Gasteiger partial charge in [-0.1, -0.05) is 25.0 Å². The fraction of sp³-hybridized carbons (Fsp3) is 0.422. The van der Waals surface area contributed by atoms with Crippen LogP contribution in [0.1, 0.15) is 95.8 Å². The first-order chi connectivity index (χ1) is 31.0. The molecule has 4 aliphatic rings. The number of anilines is 2. The Kier molecular flexibility index (Phi) is 10.8. The normalized spacial score (nSPS) is 20.3. The number of amides is 4. The maximum Gasteiger partial charge on any atom is 0.329 e. The summed E-state index contributed by atoms with van der Waals surface area (Å²) in [6, 6.07) is 13.7. The first-order valence-corrected chi connectivity index (χ1v) is 21.8. The van der Waals surface area contributed by atoms with E-state index in [1.165, 1.54) is 26.2 Å². The van der Waals surface area contributed by atoms with Crippen LogP contribution in [0.15, 0.2) is 71.9 Å². The van der Waals surface area contributed by atoms with Crippen LogP contribution in [0, 0.1) is 5.92 Å². The average molecular weight is 876 g/mol. The molecule has 0 aliphatic carbocycles. The molecule has 2 N–H and O–H groups in total. The van der Waals surface area contributed by atoms with E-state index in [2.05, 4.69) is 25.7 Å². The number of morpholine rings is 1. The lowest BCUT2D eigenvalue weighted by Crippen LogP contribution is -2.44. The lowest BCUT2D eigenvalue weighted by molar-refractivity contribution is -0.135. The van der Waals surface area contributed by atoms with Crippen molar-refractivity contribution in [1.29, 1.82) is 0 Å². The zero-order valence-electron chi connectivity index (χ0n) is 35.2. The summed E-state index contributed by atoms with van der Waals surface area (Å²) in [7, 11) is 1.72. The van der Waals surface area contributed by atoms with Crippen molar-refractivity contribution in [3.63, 3.8) is 0 Å². The van der Waals surface area contributed by atoms with Crippen molar-refractivity contribution in [2.24, 2.45) is 13.0 Å². The zero-order chi connectivity index (χ0) is 44.2. The molecule has 6 aromatic rings. The molecule has 0 saturated carbocycles. The molecule has 2 aromatic carbocycles. The topological polar surface area (TPSA) is 183 Å². The van der Waals surface area contributed by atoms with E-state index in [1.54, 1.807) is 42.1 Å². The molecule has 4 fully saturated rings. The summed E-state index contributed by atoms with van der Waals surface area (Å²) >= 11 is 0. The lowest BCUT2D eigenvalue weighted by atomic mass is 9.90. The monoisotopic (exact) mass is 875 g/mol. The molecule has 3 atom stereocenters. The summed E-state index contributed by atoms with van der Waals surface area (Å²) < 4.78 is 40.1. The number of alkyl halides is 2. The van der Waals surface area contributed by atoms with E-state index in [-0.39, 0.29) is 53.7 Å². The number of halogens is 2. The minimum Gasteiger partial charge on any atom is -0.374 e. The van der Waals surface area contributed by atoms with E-state index < -0.39 is 30.0 Å². The Labute approximate surface area is 365 Å². The fourth-order valence-corrected chi connectivity index (χ4v) is 9.89. The summed E-state index contributed by atoms with van der Waals surface area (Å²) in [4.78, 5) is 73.4. The van der Waals surface area contributed by atoms with Crippen molar-refractivity contribution < 1.29 is 32.7 Å². The third-order valence-corrected chi connectivity index (χ3v) is 13.3. The molecule has 17 nitrogen and oxygen atoms in total. The number of hydrogen-bond acceptors (Lipinski definition) is 10. The molecular weight excluding hydrogens is 829 g/mol. The molecule has 1 unspecified atom stereocenters. The standard InChI is InChI=1S/C45H47F2N11O6/c1-53-39-27(7-4-8-34(39)58(45(53)63)35-13-14-37(59)51-43(35)61)6-3-2-5-26-15-18-54(19-16-26)44(62)28-9-11-29(12-10-28)57-24-33(38(52-57)40(46)47)49-42(60)32-22-48-56-20-17-36(50-41(32)56)55-23-31-21-30(55)25-64-31/h4,7-12,17,20,22,24,26,30-31,35,40H,2-3,5-6,13-16,18-19,21,23,25H2,1H3,(H,49,60)(H,51,59,61)/t30-,31-,35?/m1/s1. The van der Waals surface area contributed by atoms with Gasteiger partial charge >= 0.3 is 5.69 Å². The highest BCUT2D eigenvalue weighted by atomic mass is 19.3. The predicted molar refractivity (Wildman–Crippen MR) is 230 cm³/mol. The van der Waals surface area contributed by atoms with E-state index >= 15 is 0 Å². The average Bonchev–Trinajstić information content (AvgIpc) is 4.15. The van der Waals surface area contributed by atoms with Crippen molar-refractivity contribution in [1.82, 2.24) is 43.7 Å². The number of imidazole rings is 1. The smallest absolute Gasteiger partial charge is 0.329 e. The molecule has 0 radical (unpaired) electrons. The minimum absolute atomic E-state index is 0.106. The van der Waals surface area contributed by atoms with Gasteiger partial charge in [0.25, 0.3) is 18.2 Å². The number of aryl methyl sites for hydroxylation is 2. The highest BCUT2D eigenvalue weighted by Gasteiger charge is 2.40. The van der Waals surface area contributed by atoms with Crippen LogP contribution in [-0.4, -0.2) is 100 Å². The van der Waals surface area contributed by atoms with Gasteiger partial charge in [0, 0.05) is 44.9 Å². The van der Waals surface area contributed by atoms with Crippen LogP contribution in [0.25, 0.3) is 22.4 Å². The Balaban J connectivity index is 0.730. The molecule has 0 spiro atoms. The van der Waals surface area contributed by atoms with Crippen LogP contribution in [0.3, 0.4) is 0 Å². The third kappa shape index (κ3) is 7.60. The second-order valence-corrected chi connectivity index (χ2v) is 17.2. The van der Waals surface area contributed by atoms with Gasteiger partial charge < -0.3 is 19.9 Å². The number of nitrogens with one attached hydrogen (secondary N) is 2. The van der Waals surface area contributed by atoms with E-state index in [9.17, 15) is 32.8 Å². The van der Waals surface area contributed by atoms with E-state index in [1.807, 2.05) is 29.2 Å². The first-order valence-electron chi connectivity index (χ1n) is 21.8. The van der Waals surface area contributed by atoms with Gasteiger partial charge in [-0.25, -0.2) is 27.8 Å². The lowest BCUT2D eigenvalue weighted by Gasteiger charge is -2.32. The van der Waals surface area contributed by atoms with Crippen molar-refractivity contribution in [3.05, 3.63) is 100.0 Å². The SMILES string of the molecule is Cn1c(=O)n(C2CCC(=O)NC2=O)c2cccc(CCCCC3CCN(C(=O)c4ccc(-n5cc(NC(=O)c6cnn7ccc(N8C[C@H]9C[C@@H]8CO9)nc67)c(C(F)F)n5)cc4)CC3)c21. The molecule has 8 heterocycles. The summed E-state index contributed by atoms with van der Waals surface area (Å²) in [5.41, 5.74) is 2.85. The number of fused-ring (bicyclic) bond motifs is 4. The second-order valence-electron chi connectivity index (χ2n) is 17.2. The van der Waals surface area contributed by atoms with Gasteiger partial charge in [-0.2, -0.15) is 10.2 Å². The number of para-hydroxylation sites is 1. The predicted octanol–water partition coefficient (Wildman–Crippen LogP) is 4.98. The van der Waals surface area contributed by atoms with Gasteiger partial charge in [-0.15, -0.1) is 0 Å². The number of nitrogens with zero attached hydrogens (tertiary/aromatic N) is 9. The van der Waals surface area contributed by atoms with Crippen LogP contribution in [0.2, 0.25) is 0 Å². The number of likely N-dealkylation sites (tertiary alicyclic amines) is 1. The van der Waals surface area contributed by atoms with Gasteiger partial charge in [0.1, 0.15) is 17.4 Å². The first kappa shape index (κ1) is 41.3. The van der Waals surface area contributed by atoms with Crippen molar-refractivity contribution in [2.45, 2.75) is 82.4 Å². The number of rotatable bonds is 12. The Morgan fingerprint density at radius 1 is 1.02 bits per heavy atom.